The van der Waals surface area contributed by atoms with Gasteiger partial charge in [-0.2, -0.15) is 0 Å². The van der Waals surface area contributed by atoms with Gasteiger partial charge in [0.25, 0.3) is 11.7 Å². The van der Waals surface area contributed by atoms with Crippen molar-refractivity contribution in [2.24, 2.45) is 0 Å². The molecule has 33 heavy (non-hydrogen) atoms. The van der Waals surface area contributed by atoms with Crippen molar-refractivity contribution in [3.05, 3.63) is 90.4 Å². The summed E-state index contributed by atoms with van der Waals surface area (Å²) < 4.78 is 13.2. The maximum atomic E-state index is 13.0. The number of Topliss-reactive ketones (excluding diaryl/α,β-unsaturated/α-hetero) is 1. The van der Waals surface area contributed by atoms with E-state index in [0.29, 0.717) is 49.0 Å². The molecule has 1 amide bonds. The highest BCUT2D eigenvalue weighted by molar-refractivity contribution is 6.46. The van der Waals surface area contributed by atoms with Gasteiger partial charge < -0.3 is 19.2 Å². The van der Waals surface area contributed by atoms with Crippen LogP contribution < -0.4 is 9.30 Å². The Morgan fingerprint density at radius 3 is 2.70 bits per heavy atom. The Kier molecular flexibility index (Phi) is 6.44. The number of aromatic amines is 1. The molecule has 0 saturated carbocycles. The Balaban J connectivity index is 1.66. The molecular formula is C25H26N3O5+. The maximum Gasteiger partial charge on any atom is 0.295 e. The number of benzene rings is 1. The number of nitrogens with one attached hydrogen (secondary N) is 1. The average Bonchev–Trinajstić information content (AvgIpc) is 3.54. The van der Waals surface area contributed by atoms with E-state index in [4.69, 9.17) is 9.15 Å². The second-order valence-corrected chi connectivity index (χ2v) is 7.77. The van der Waals surface area contributed by atoms with Crippen LogP contribution >= 0.6 is 0 Å². The van der Waals surface area contributed by atoms with Gasteiger partial charge in [-0.3, -0.25) is 14.6 Å². The molecule has 0 spiro atoms. The third-order valence-corrected chi connectivity index (χ3v) is 5.48. The molecule has 4 rings (SSSR count). The number of amides is 1. The second-order valence-electron chi connectivity index (χ2n) is 7.77. The summed E-state index contributed by atoms with van der Waals surface area (Å²) in [6.45, 7) is 6.76. The van der Waals surface area contributed by atoms with Gasteiger partial charge in [-0.1, -0.05) is 12.7 Å². The van der Waals surface area contributed by atoms with E-state index in [1.807, 2.05) is 23.3 Å². The van der Waals surface area contributed by atoms with Crippen LogP contribution in [0.25, 0.3) is 5.76 Å². The summed E-state index contributed by atoms with van der Waals surface area (Å²) in [5.41, 5.74) is 0.429. The maximum absolute atomic E-state index is 13.0. The largest absolute Gasteiger partial charge is 0.507 e. The summed E-state index contributed by atoms with van der Waals surface area (Å²) in [6, 6.07) is 9.38. The average molecular weight is 448 g/mol. The fourth-order valence-electron chi connectivity index (χ4n) is 3.91. The standard InChI is InChI=1S/C25H25N3O5/c1-3-15-32-19-8-6-18(7-9-19)23(29)21-22(20-10-5-17(2)33-20)28(25(31)24(21)30)13-4-12-27-14-11-26-16-27/h3,5-11,14,16,22H,1,4,12-13,15H2,2H3,(H,29,30)/p+1. The van der Waals surface area contributed by atoms with Crippen LogP contribution in [0, 0.1) is 6.92 Å². The van der Waals surface area contributed by atoms with Crippen molar-refractivity contribution < 1.29 is 28.4 Å². The molecule has 8 heteroatoms. The summed E-state index contributed by atoms with van der Waals surface area (Å²) in [4.78, 5) is 30.4. The third-order valence-electron chi connectivity index (χ3n) is 5.48. The van der Waals surface area contributed by atoms with Crippen LogP contribution in [0.1, 0.15) is 29.5 Å². The minimum atomic E-state index is -0.799. The van der Waals surface area contributed by atoms with Crippen molar-refractivity contribution in [1.29, 1.82) is 0 Å². The van der Waals surface area contributed by atoms with Gasteiger partial charge in [0, 0.05) is 18.5 Å². The molecule has 0 aliphatic carbocycles. The van der Waals surface area contributed by atoms with Gasteiger partial charge in [-0.05, 0) is 43.3 Å². The van der Waals surface area contributed by atoms with Gasteiger partial charge >= 0.3 is 0 Å². The summed E-state index contributed by atoms with van der Waals surface area (Å²) >= 11 is 0. The van der Waals surface area contributed by atoms with E-state index in [1.54, 1.807) is 49.4 Å². The van der Waals surface area contributed by atoms with Crippen LogP contribution in [0.4, 0.5) is 0 Å². The molecule has 2 N–H and O–H groups in total. The van der Waals surface area contributed by atoms with Gasteiger partial charge in [-0.25, -0.2) is 4.57 Å². The van der Waals surface area contributed by atoms with Gasteiger partial charge in [-0.15, -0.1) is 0 Å². The van der Waals surface area contributed by atoms with Crippen molar-refractivity contribution in [2.45, 2.75) is 25.9 Å². The predicted octanol–water partition coefficient (Wildman–Crippen LogP) is 3.28. The Hall–Kier alpha value is -4.07. The van der Waals surface area contributed by atoms with Crippen LogP contribution in [-0.2, 0) is 16.1 Å². The zero-order chi connectivity index (χ0) is 23.4. The molecule has 2 aromatic heterocycles. The number of rotatable bonds is 9. The smallest absolute Gasteiger partial charge is 0.295 e. The minimum absolute atomic E-state index is 0.0170. The third kappa shape index (κ3) is 4.59. The number of aromatic nitrogens is 2. The number of likely N-dealkylation sites (tertiary alicyclic amines) is 1. The first-order valence-electron chi connectivity index (χ1n) is 10.7. The molecule has 1 unspecified atom stereocenters. The fraction of sp³-hybridized carbons (Fsp3) is 0.240. The zero-order valence-electron chi connectivity index (χ0n) is 18.4. The van der Waals surface area contributed by atoms with E-state index in [1.165, 1.54) is 4.90 Å². The highest BCUT2D eigenvalue weighted by atomic mass is 16.5. The topological polar surface area (TPSA) is 99.6 Å². The molecule has 1 saturated heterocycles. The Morgan fingerprint density at radius 2 is 2.06 bits per heavy atom. The van der Waals surface area contributed by atoms with Crippen LogP contribution in [0.15, 0.2) is 77.8 Å². The van der Waals surface area contributed by atoms with Gasteiger partial charge in [0.15, 0.2) is 0 Å². The first-order chi connectivity index (χ1) is 16.0. The number of H-pyrrole nitrogens is 1. The number of carbonyl (C=O) groups is 2. The summed E-state index contributed by atoms with van der Waals surface area (Å²) in [5.74, 6) is 0.0710. The monoisotopic (exact) mass is 448 g/mol. The number of ether oxygens (including phenoxy) is 1. The molecule has 0 bridgehead atoms. The molecule has 3 heterocycles. The van der Waals surface area contributed by atoms with Gasteiger partial charge in [0.1, 0.15) is 48.1 Å². The van der Waals surface area contributed by atoms with Crippen LogP contribution in [0.5, 0.6) is 5.75 Å². The molecule has 0 radical (unpaired) electrons. The molecule has 1 atom stereocenters. The van der Waals surface area contributed by atoms with Crippen LogP contribution in [-0.4, -0.2) is 39.8 Å². The van der Waals surface area contributed by atoms with Crippen molar-refractivity contribution in [3.8, 4) is 5.75 Å². The molecule has 170 valence electrons. The molecule has 3 aromatic rings. The van der Waals surface area contributed by atoms with Crippen molar-refractivity contribution in [3.63, 3.8) is 0 Å². The number of ketones is 1. The van der Waals surface area contributed by atoms with Crippen molar-refractivity contribution >= 4 is 17.4 Å². The number of carbonyl (C=O) groups excluding carboxylic acids is 2. The first kappa shape index (κ1) is 22.1. The number of imidazole rings is 1. The molecule has 1 aliphatic rings. The van der Waals surface area contributed by atoms with Crippen molar-refractivity contribution in [2.75, 3.05) is 13.2 Å². The lowest BCUT2D eigenvalue weighted by Gasteiger charge is -2.23. The van der Waals surface area contributed by atoms with E-state index in [0.717, 1.165) is 0 Å². The van der Waals surface area contributed by atoms with Gasteiger partial charge in [0.2, 0.25) is 6.33 Å². The van der Waals surface area contributed by atoms with E-state index in [2.05, 4.69) is 11.6 Å². The van der Waals surface area contributed by atoms with Crippen LogP contribution in [0.3, 0.4) is 0 Å². The molecule has 1 fully saturated rings. The quantitative estimate of drug-likeness (QED) is 0.172. The SMILES string of the molecule is C=CCOc1ccc(C(O)=C2C(=O)C(=O)N(CCC[n+]3cc[nH]c3)C2c2ccc(C)o2)cc1. The number of hydrogen-bond donors (Lipinski definition) is 2. The number of aliphatic hydroxyl groups excluding tert-OH is 1. The lowest BCUT2D eigenvalue weighted by molar-refractivity contribution is -0.695. The zero-order valence-corrected chi connectivity index (χ0v) is 18.4. The highest BCUT2D eigenvalue weighted by Gasteiger charge is 2.47. The molecular weight excluding hydrogens is 422 g/mol. The summed E-state index contributed by atoms with van der Waals surface area (Å²) in [7, 11) is 0. The lowest BCUT2D eigenvalue weighted by Crippen LogP contribution is -2.35. The lowest BCUT2D eigenvalue weighted by atomic mass is 9.99. The highest BCUT2D eigenvalue weighted by Crippen LogP contribution is 2.40. The second kappa shape index (κ2) is 9.60. The van der Waals surface area contributed by atoms with E-state index < -0.39 is 17.7 Å². The number of nitrogens with zero attached hydrogens (tertiary/aromatic N) is 2. The number of furan rings is 1. The number of hydrogen-bond acceptors (Lipinski definition) is 5. The van der Waals surface area contributed by atoms with E-state index in [9.17, 15) is 14.7 Å². The summed E-state index contributed by atoms with van der Waals surface area (Å²) in [5, 5.41) is 11.1. The summed E-state index contributed by atoms with van der Waals surface area (Å²) in [6.07, 6.45) is 7.79. The Morgan fingerprint density at radius 1 is 1.27 bits per heavy atom. The number of aryl methyl sites for hydroxylation is 2. The van der Waals surface area contributed by atoms with Crippen LogP contribution in [0.2, 0.25) is 0 Å². The molecule has 1 aliphatic heterocycles. The van der Waals surface area contributed by atoms with Gasteiger partial charge in [0.05, 0.1) is 12.1 Å². The minimum Gasteiger partial charge on any atom is -0.507 e. The van der Waals surface area contributed by atoms with E-state index in [-0.39, 0.29) is 11.3 Å². The predicted molar refractivity (Wildman–Crippen MR) is 120 cm³/mol. The molecule has 1 aromatic carbocycles. The Bertz CT molecular complexity index is 1180. The Labute approximate surface area is 191 Å². The number of aliphatic hydroxyl groups is 1. The fourth-order valence-corrected chi connectivity index (χ4v) is 3.91. The van der Waals surface area contributed by atoms with E-state index >= 15 is 0 Å². The molecule has 8 nitrogen and oxygen atoms in total. The first-order valence-corrected chi connectivity index (χ1v) is 10.7. The van der Waals surface area contributed by atoms with Crippen molar-refractivity contribution in [1.82, 2.24) is 9.88 Å². The normalized spacial score (nSPS) is 17.5.